The molecule has 1 N–H and O–H groups in total. The molecule has 0 saturated carbocycles. The highest BCUT2D eigenvalue weighted by Crippen LogP contribution is 2.26. The van der Waals surface area contributed by atoms with Crippen molar-refractivity contribution >= 4 is 23.2 Å². The van der Waals surface area contributed by atoms with Crippen molar-refractivity contribution in [3.05, 3.63) is 41.7 Å². The second kappa shape index (κ2) is 7.18. The molecular weight excluding hydrogens is 332 g/mol. The van der Waals surface area contributed by atoms with E-state index in [1.807, 2.05) is 13.0 Å². The van der Waals surface area contributed by atoms with Crippen molar-refractivity contribution in [3.63, 3.8) is 0 Å². The lowest BCUT2D eigenvalue weighted by Crippen LogP contribution is -2.30. The minimum atomic E-state index is -0.0819. The molecule has 124 valence electrons. The Morgan fingerprint density at radius 3 is 3.00 bits per heavy atom. The van der Waals surface area contributed by atoms with Gasteiger partial charge in [-0.25, -0.2) is 9.78 Å². The van der Waals surface area contributed by atoms with E-state index in [0.717, 1.165) is 5.69 Å². The lowest BCUT2D eigenvalue weighted by atomic mass is 10.2. The maximum Gasteiger partial charge on any atom is 0.227 e. The normalized spacial score (nSPS) is 10.8. The van der Waals surface area contributed by atoms with Crippen LogP contribution in [0.4, 0.5) is 5.69 Å². The fraction of sp³-hybridized carbons (Fsp3) is 0.286. The van der Waals surface area contributed by atoms with Gasteiger partial charge in [-0.05, 0) is 29.5 Å². The summed E-state index contributed by atoms with van der Waals surface area (Å²) in [4.78, 5) is 18.1. The number of halogens is 1. The predicted octanol–water partition coefficient (Wildman–Crippen LogP) is 1.42. The molecule has 0 radical (unpaired) electrons. The van der Waals surface area contributed by atoms with Crippen LogP contribution in [0.15, 0.2) is 30.7 Å². The molecule has 0 aliphatic rings. The minimum absolute atomic E-state index is 0.0819. The van der Waals surface area contributed by atoms with Crippen LogP contribution < -0.4 is 4.90 Å². The first-order chi connectivity index (χ1) is 11.7. The van der Waals surface area contributed by atoms with Gasteiger partial charge in [-0.15, -0.1) is 5.10 Å². The third kappa shape index (κ3) is 3.40. The number of rotatable bonds is 6. The van der Waals surface area contributed by atoms with Crippen LogP contribution in [0.25, 0.3) is 5.69 Å². The van der Waals surface area contributed by atoms with Gasteiger partial charge in [0.05, 0.1) is 18.1 Å². The molecule has 0 atom stereocenters. The topological polar surface area (TPSA) is 105 Å². The molecule has 24 heavy (non-hydrogen) atoms. The second-order valence-electron chi connectivity index (χ2n) is 4.95. The van der Waals surface area contributed by atoms with Crippen LogP contribution in [0.5, 0.6) is 0 Å². The van der Waals surface area contributed by atoms with Crippen LogP contribution in [0.3, 0.4) is 0 Å². The number of tetrazole rings is 1. The van der Waals surface area contributed by atoms with Gasteiger partial charge >= 0.3 is 0 Å². The highest BCUT2D eigenvalue weighted by atomic mass is 35.5. The second-order valence-corrected chi connectivity index (χ2v) is 5.30. The summed E-state index contributed by atoms with van der Waals surface area (Å²) in [5, 5.41) is 17.9. The number of nitrogens with zero attached hydrogens (tertiary/aromatic N) is 7. The number of H-pyrrole nitrogens is 1. The highest BCUT2D eigenvalue weighted by Gasteiger charge is 2.20. The smallest absolute Gasteiger partial charge is 0.227 e. The van der Waals surface area contributed by atoms with Crippen LogP contribution in [0.2, 0.25) is 5.15 Å². The molecule has 0 aromatic carbocycles. The monoisotopic (exact) mass is 346 g/mol. The molecule has 0 unspecified atom stereocenters. The summed E-state index contributed by atoms with van der Waals surface area (Å²) < 4.78 is 1.60. The van der Waals surface area contributed by atoms with Gasteiger partial charge in [0, 0.05) is 25.6 Å². The number of hydrogen-bond acceptors (Lipinski definition) is 6. The standard InChI is InChI=1S/C14H15ClN8O/c1-2-22(13(24)6-5-12-17-20-21-18-12)11-9-23(19-14(11)15)10-4-3-7-16-8-10/h3-4,7-9H,2,5-6H2,1H3,(H,17,18,20,21). The van der Waals surface area contributed by atoms with Crippen LogP contribution >= 0.6 is 11.6 Å². The van der Waals surface area contributed by atoms with Crippen molar-refractivity contribution in [2.45, 2.75) is 19.8 Å². The number of aryl methyl sites for hydroxylation is 1. The van der Waals surface area contributed by atoms with E-state index < -0.39 is 0 Å². The Morgan fingerprint density at radius 1 is 1.46 bits per heavy atom. The molecule has 9 nitrogen and oxygen atoms in total. The van der Waals surface area contributed by atoms with Crippen molar-refractivity contribution in [1.29, 1.82) is 0 Å². The number of aromatic nitrogens is 7. The predicted molar refractivity (Wildman–Crippen MR) is 86.9 cm³/mol. The fourth-order valence-corrected chi connectivity index (χ4v) is 2.50. The molecule has 0 spiro atoms. The highest BCUT2D eigenvalue weighted by molar-refractivity contribution is 6.32. The Hall–Kier alpha value is -2.81. The van der Waals surface area contributed by atoms with E-state index >= 15 is 0 Å². The number of nitrogens with one attached hydrogen (secondary N) is 1. The Bertz CT molecular complexity index is 802. The summed E-state index contributed by atoms with van der Waals surface area (Å²) in [6.07, 6.45) is 5.75. The van der Waals surface area contributed by atoms with Gasteiger partial charge in [0.15, 0.2) is 5.15 Å². The first-order valence-electron chi connectivity index (χ1n) is 7.37. The Morgan fingerprint density at radius 2 is 2.33 bits per heavy atom. The Labute approximate surface area is 142 Å². The van der Waals surface area contributed by atoms with Gasteiger partial charge in [0.1, 0.15) is 11.5 Å². The van der Waals surface area contributed by atoms with E-state index in [1.54, 1.807) is 34.2 Å². The summed E-state index contributed by atoms with van der Waals surface area (Å²) >= 11 is 6.23. The summed E-state index contributed by atoms with van der Waals surface area (Å²) in [6, 6.07) is 3.66. The van der Waals surface area contributed by atoms with E-state index in [4.69, 9.17) is 11.6 Å². The van der Waals surface area contributed by atoms with Gasteiger partial charge in [0.2, 0.25) is 5.91 Å². The average Bonchev–Trinajstić information content (AvgIpc) is 3.25. The third-order valence-corrected chi connectivity index (χ3v) is 3.70. The summed E-state index contributed by atoms with van der Waals surface area (Å²) in [7, 11) is 0. The van der Waals surface area contributed by atoms with Gasteiger partial charge in [-0.1, -0.05) is 11.6 Å². The quantitative estimate of drug-likeness (QED) is 0.723. The zero-order valence-corrected chi connectivity index (χ0v) is 13.7. The Balaban J connectivity index is 1.77. The van der Waals surface area contributed by atoms with Gasteiger partial charge < -0.3 is 4.90 Å². The number of aromatic amines is 1. The largest absolute Gasteiger partial charge is 0.308 e. The first kappa shape index (κ1) is 16.1. The Kier molecular flexibility index (Phi) is 4.80. The van der Waals surface area contributed by atoms with E-state index in [1.165, 1.54) is 0 Å². The lowest BCUT2D eigenvalue weighted by Gasteiger charge is -2.19. The molecule has 0 aliphatic heterocycles. The van der Waals surface area contributed by atoms with Crippen molar-refractivity contribution in [1.82, 2.24) is 35.4 Å². The maximum atomic E-state index is 12.5. The van der Waals surface area contributed by atoms with Crippen molar-refractivity contribution in [2.24, 2.45) is 0 Å². The number of amides is 1. The number of anilines is 1. The molecule has 3 aromatic rings. The SMILES string of the molecule is CCN(C(=O)CCc1nnn[nH]1)c1cn(-c2cccnc2)nc1Cl. The molecule has 0 bridgehead atoms. The molecule has 0 aliphatic carbocycles. The molecule has 0 saturated heterocycles. The van der Waals surface area contributed by atoms with E-state index in [0.29, 0.717) is 24.5 Å². The lowest BCUT2D eigenvalue weighted by molar-refractivity contribution is -0.118. The van der Waals surface area contributed by atoms with E-state index in [-0.39, 0.29) is 17.5 Å². The van der Waals surface area contributed by atoms with Gasteiger partial charge in [-0.3, -0.25) is 9.78 Å². The van der Waals surface area contributed by atoms with Crippen molar-refractivity contribution in [3.8, 4) is 5.69 Å². The molecular formula is C14H15ClN8O. The van der Waals surface area contributed by atoms with E-state index in [9.17, 15) is 4.79 Å². The van der Waals surface area contributed by atoms with Crippen molar-refractivity contribution < 1.29 is 4.79 Å². The number of pyridine rings is 1. The number of carbonyl (C=O) groups is 1. The molecule has 3 aromatic heterocycles. The van der Waals surface area contributed by atoms with Gasteiger partial charge in [-0.2, -0.15) is 5.10 Å². The maximum absolute atomic E-state index is 12.5. The third-order valence-electron chi connectivity index (χ3n) is 3.43. The first-order valence-corrected chi connectivity index (χ1v) is 7.75. The van der Waals surface area contributed by atoms with Gasteiger partial charge in [0.25, 0.3) is 0 Å². The summed E-state index contributed by atoms with van der Waals surface area (Å²) in [5.74, 6) is 0.484. The molecule has 10 heteroatoms. The summed E-state index contributed by atoms with van der Waals surface area (Å²) in [5.41, 5.74) is 1.32. The van der Waals surface area contributed by atoms with Crippen LogP contribution in [0, 0.1) is 0 Å². The molecule has 1 amide bonds. The molecule has 0 fully saturated rings. The molecule has 3 heterocycles. The van der Waals surface area contributed by atoms with Crippen LogP contribution in [0.1, 0.15) is 19.2 Å². The summed E-state index contributed by atoms with van der Waals surface area (Å²) in [6.45, 7) is 2.36. The number of hydrogen-bond donors (Lipinski definition) is 1. The number of carbonyl (C=O) groups excluding carboxylic acids is 1. The zero-order chi connectivity index (χ0) is 16.9. The van der Waals surface area contributed by atoms with Crippen LogP contribution in [-0.4, -0.2) is 47.8 Å². The average molecular weight is 347 g/mol. The fourth-order valence-electron chi connectivity index (χ4n) is 2.27. The van der Waals surface area contributed by atoms with Crippen LogP contribution in [-0.2, 0) is 11.2 Å². The molecule has 3 rings (SSSR count). The zero-order valence-electron chi connectivity index (χ0n) is 12.9. The minimum Gasteiger partial charge on any atom is -0.308 e. The van der Waals surface area contributed by atoms with Crippen molar-refractivity contribution in [2.75, 3.05) is 11.4 Å². The van der Waals surface area contributed by atoms with E-state index in [2.05, 4.69) is 30.7 Å².